The van der Waals surface area contributed by atoms with E-state index in [0.29, 0.717) is 11.5 Å². The van der Waals surface area contributed by atoms with Gasteiger partial charge in [0, 0.05) is 25.7 Å². The highest BCUT2D eigenvalue weighted by Crippen LogP contribution is 2.39. The highest BCUT2D eigenvalue weighted by molar-refractivity contribution is 4.94. The molecule has 0 spiro atoms. The summed E-state index contributed by atoms with van der Waals surface area (Å²) >= 11 is 0. The SMILES string of the molecule is CCCNC1C(CN(C)CCN(C)C)CCCC1(C)C. The Bertz CT molecular complexity index is 263. The minimum atomic E-state index is 0.445. The molecule has 2 unspecified atom stereocenters. The summed E-state index contributed by atoms with van der Waals surface area (Å²) in [5.74, 6) is 0.803. The molecule has 1 rings (SSSR count). The summed E-state index contributed by atoms with van der Waals surface area (Å²) in [5, 5.41) is 3.84. The van der Waals surface area contributed by atoms with Crippen molar-refractivity contribution < 1.29 is 0 Å². The Hall–Kier alpha value is -0.120. The molecule has 0 aromatic heterocycles. The monoisotopic (exact) mass is 283 g/mol. The summed E-state index contributed by atoms with van der Waals surface area (Å²) in [6.07, 6.45) is 5.38. The van der Waals surface area contributed by atoms with Crippen LogP contribution in [-0.2, 0) is 0 Å². The number of hydrogen-bond acceptors (Lipinski definition) is 3. The summed E-state index contributed by atoms with van der Waals surface area (Å²) in [5.41, 5.74) is 0.445. The van der Waals surface area contributed by atoms with Crippen LogP contribution in [0, 0.1) is 11.3 Å². The molecule has 1 saturated carbocycles. The van der Waals surface area contributed by atoms with Crippen LogP contribution in [0.4, 0.5) is 0 Å². The molecule has 1 fully saturated rings. The molecule has 1 N–H and O–H groups in total. The number of nitrogens with zero attached hydrogens (tertiary/aromatic N) is 2. The zero-order valence-electron chi connectivity index (χ0n) is 14.7. The predicted octanol–water partition coefficient (Wildman–Crippen LogP) is 2.67. The molecule has 20 heavy (non-hydrogen) atoms. The van der Waals surface area contributed by atoms with E-state index in [2.05, 4.69) is 57.0 Å². The van der Waals surface area contributed by atoms with Crippen LogP contribution in [-0.4, -0.2) is 63.2 Å². The molecule has 3 nitrogen and oxygen atoms in total. The van der Waals surface area contributed by atoms with Crippen molar-refractivity contribution in [2.24, 2.45) is 11.3 Å². The van der Waals surface area contributed by atoms with E-state index < -0.39 is 0 Å². The largest absolute Gasteiger partial charge is 0.313 e. The first-order valence-electron chi connectivity index (χ1n) is 8.43. The van der Waals surface area contributed by atoms with Crippen LogP contribution < -0.4 is 5.32 Å². The van der Waals surface area contributed by atoms with E-state index in [4.69, 9.17) is 0 Å². The van der Waals surface area contributed by atoms with E-state index >= 15 is 0 Å². The van der Waals surface area contributed by atoms with E-state index in [0.717, 1.165) is 19.0 Å². The van der Waals surface area contributed by atoms with Crippen molar-refractivity contribution in [3.63, 3.8) is 0 Å². The molecule has 0 saturated heterocycles. The third-order valence-corrected chi connectivity index (χ3v) is 4.80. The van der Waals surface area contributed by atoms with Gasteiger partial charge in [-0.25, -0.2) is 0 Å². The fraction of sp³-hybridized carbons (Fsp3) is 1.00. The van der Waals surface area contributed by atoms with Crippen LogP contribution in [0.5, 0.6) is 0 Å². The van der Waals surface area contributed by atoms with Gasteiger partial charge in [-0.1, -0.05) is 27.2 Å². The molecule has 0 aromatic rings. The van der Waals surface area contributed by atoms with Crippen LogP contribution in [0.25, 0.3) is 0 Å². The van der Waals surface area contributed by atoms with Crippen molar-refractivity contribution in [3.8, 4) is 0 Å². The number of likely N-dealkylation sites (N-methyl/N-ethyl adjacent to an activating group) is 2. The lowest BCUT2D eigenvalue weighted by atomic mass is 9.67. The highest BCUT2D eigenvalue weighted by atomic mass is 15.2. The first kappa shape index (κ1) is 17.9. The van der Waals surface area contributed by atoms with Crippen molar-refractivity contribution in [1.82, 2.24) is 15.1 Å². The van der Waals surface area contributed by atoms with Gasteiger partial charge < -0.3 is 15.1 Å². The van der Waals surface area contributed by atoms with Gasteiger partial charge in [-0.05, 0) is 58.3 Å². The van der Waals surface area contributed by atoms with Crippen molar-refractivity contribution in [1.29, 1.82) is 0 Å². The molecule has 0 amide bonds. The van der Waals surface area contributed by atoms with Gasteiger partial charge in [-0.2, -0.15) is 0 Å². The third kappa shape index (κ3) is 5.71. The number of nitrogens with one attached hydrogen (secondary N) is 1. The maximum atomic E-state index is 3.84. The number of rotatable bonds is 8. The van der Waals surface area contributed by atoms with E-state index in [1.54, 1.807) is 0 Å². The van der Waals surface area contributed by atoms with Crippen LogP contribution >= 0.6 is 0 Å². The first-order chi connectivity index (χ1) is 9.36. The second-order valence-electron chi connectivity index (χ2n) is 7.64. The Kier molecular flexibility index (Phi) is 7.49. The average Bonchev–Trinajstić information content (AvgIpc) is 2.35. The minimum Gasteiger partial charge on any atom is -0.313 e. The third-order valence-electron chi connectivity index (χ3n) is 4.80. The molecule has 120 valence electrons. The summed E-state index contributed by atoms with van der Waals surface area (Å²) in [6, 6.07) is 0.679. The number of hydrogen-bond donors (Lipinski definition) is 1. The standard InChI is InChI=1S/C17H37N3/c1-7-11-18-16-15(9-8-10-17(16,2)3)14-20(6)13-12-19(4)5/h15-16,18H,7-14H2,1-6H3. The molecule has 0 radical (unpaired) electrons. The molecule has 0 heterocycles. The lowest BCUT2D eigenvalue weighted by molar-refractivity contribution is 0.0838. The van der Waals surface area contributed by atoms with E-state index in [1.807, 2.05) is 0 Å². The Labute approximate surface area is 127 Å². The van der Waals surface area contributed by atoms with Crippen LogP contribution in [0.3, 0.4) is 0 Å². The maximum Gasteiger partial charge on any atom is 0.0159 e. The highest BCUT2D eigenvalue weighted by Gasteiger charge is 2.38. The van der Waals surface area contributed by atoms with E-state index in [1.165, 1.54) is 38.8 Å². The molecule has 0 bridgehead atoms. The average molecular weight is 284 g/mol. The molecule has 1 aliphatic carbocycles. The summed E-state index contributed by atoms with van der Waals surface area (Å²) in [6.45, 7) is 11.9. The minimum absolute atomic E-state index is 0.445. The normalized spacial score (nSPS) is 26.4. The van der Waals surface area contributed by atoms with Crippen LogP contribution in [0.2, 0.25) is 0 Å². The summed E-state index contributed by atoms with van der Waals surface area (Å²) in [7, 11) is 6.59. The maximum absolute atomic E-state index is 3.84. The smallest absolute Gasteiger partial charge is 0.0159 e. The van der Waals surface area contributed by atoms with E-state index in [-0.39, 0.29) is 0 Å². The zero-order valence-corrected chi connectivity index (χ0v) is 14.7. The molecular formula is C17H37N3. The van der Waals surface area contributed by atoms with Gasteiger partial charge in [-0.3, -0.25) is 0 Å². The van der Waals surface area contributed by atoms with E-state index in [9.17, 15) is 0 Å². The lowest BCUT2D eigenvalue weighted by Gasteiger charge is -2.46. The van der Waals surface area contributed by atoms with Gasteiger partial charge in [0.2, 0.25) is 0 Å². The van der Waals surface area contributed by atoms with Crippen molar-refractivity contribution in [2.45, 2.75) is 52.5 Å². The zero-order chi connectivity index (χ0) is 15.2. The topological polar surface area (TPSA) is 18.5 Å². The Balaban J connectivity index is 2.55. The van der Waals surface area contributed by atoms with Crippen LogP contribution in [0.1, 0.15) is 46.5 Å². The van der Waals surface area contributed by atoms with Gasteiger partial charge in [-0.15, -0.1) is 0 Å². The molecule has 0 aromatic carbocycles. The molecular weight excluding hydrogens is 246 g/mol. The van der Waals surface area contributed by atoms with Crippen LogP contribution in [0.15, 0.2) is 0 Å². The summed E-state index contributed by atoms with van der Waals surface area (Å²) < 4.78 is 0. The van der Waals surface area contributed by atoms with Gasteiger partial charge in [0.25, 0.3) is 0 Å². The Morgan fingerprint density at radius 2 is 1.85 bits per heavy atom. The second-order valence-corrected chi connectivity index (χ2v) is 7.64. The Morgan fingerprint density at radius 3 is 2.45 bits per heavy atom. The van der Waals surface area contributed by atoms with Crippen molar-refractivity contribution in [3.05, 3.63) is 0 Å². The van der Waals surface area contributed by atoms with Gasteiger partial charge in [0.05, 0.1) is 0 Å². The second kappa shape index (κ2) is 8.35. The molecule has 1 aliphatic rings. The van der Waals surface area contributed by atoms with Crippen molar-refractivity contribution >= 4 is 0 Å². The lowest BCUT2D eigenvalue weighted by Crippen LogP contribution is -2.53. The fourth-order valence-electron chi connectivity index (χ4n) is 3.58. The van der Waals surface area contributed by atoms with Gasteiger partial charge in [0.15, 0.2) is 0 Å². The summed E-state index contributed by atoms with van der Waals surface area (Å²) in [4.78, 5) is 4.79. The van der Waals surface area contributed by atoms with Crippen molar-refractivity contribution in [2.75, 3.05) is 47.3 Å². The van der Waals surface area contributed by atoms with Gasteiger partial charge in [0.1, 0.15) is 0 Å². The first-order valence-corrected chi connectivity index (χ1v) is 8.43. The molecule has 0 aliphatic heterocycles. The predicted molar refractivity (Wildman–Crippen MR) is 89.3 cm³/mol. The molecule has 3 heteroatoms. The van der Waals surface area contributed by atoms with Gasteiger partial charge >= 0.3 is 0 Å². The molecule has 2 atom stereocenters. The quantitative estimate of drug-likeness (QED) is 0.739. The Morgan fingerprint density at radius 1 is 1.15 bits per heavy atom. The fourth-order valence-corrected chi connectivity index (χ4v) is 3.58.